The van der Waals surface area contributed by atoms with Gasteiger partial charge >= 0.3 is 12.0 Å². The van der Waals surface area contributed by atoms with Gasteiger partial charge in [-0.25, -0.2) is 4.79 Å². The molecule has 5 heteroatoms. The van der Waals surface area contributed by atoms with Crippen LogP contribution >= 0.6 is 0 Å². The average Bonchev–Trinajstić information content (AvgIpc) is 2.91. The minimum Gasteiger partial charge on any atom is -0.481 e. The lowest BCUT2D eigenvalue weighted by Crippen LogP contribution is -2.32. The highest BCUT2D eigenvalue weighted by Gasteiger charge is 2.18. The number of hydrogen-bond donors (Lipinski definition) is 2. The molecule has 1 fully saturated rings. The molecule has 0 aliphatic carbocycles. The standard InChI is InChI=1S/C14H18N2O3/c17-13(18)8-7-11-5-1-2-6-12(11)15-14(19)16-9-3-4-10-16/h1-2,5-6H,3-4,7-10H2,(H,15,19)(H,17,18). The van der Waals surface area contributed by atoms with Gasteiger partial charge in [-0.2, -0.15) is 0 Å². The number of rotatable bonds is 4. The fraction of sp³-hybridized carbons (Fsp3) is 0.429. The highest BCUT2D eigenvalue weighted by Crippen LogP contribution is 2.18. The summed E-state index contributed by atoms with van der Waals surface area (Å²) in [6.07, 6.45) is 2.59. The van der Waals surface area contributed by atoms with Crippen LogP contribution in [0.3, 0.4) is 0 Å². The highest BCUT2D eigenvalue weighted by molar-refractivity contribution is 5.90. The van der Waals surface area contributed by atoms with E-state index in [1.54, 1.807) is 4.90 Å². The van der Waals surface area contributed by atoms with Crippen molar-refractivity contribution in [2.45, 2.75) is 25.7 Å². The van der Waals surface area contributed by atoms with Crippen LogP contribution in [-0.4, -0.2) is 35.1 Å². The Balaban J connectivity index is 2.02. The topological polar surface area (TPSA) is 69.6 Å². The lowest BCUT2D eigenvalue weighted by atomic mass is 10.1. The normalized spacial score (nSPS) is 14.4. The van der Waals surface area contributed by atoms with Crippen LogP contribution < -0.4 is 5.32 Å². The van der Waals surface area contributed by atoms with Gasteiger partial charge in [-0.05, 0) is 30.9 Å². The molecule has 0 spiro atoms. The number of carbonyl (C=O) groups excluding carboxylic acids is 1. The Labute approximate surface area is 112 Å². The van der Waals surface area contributed by atoms with Crippen LogP contribution in [-0.2, 0) is 11.2 Å². The Morgan fingerprint density at radius 1 is 1.21 bits per heavy atom. The van der Waals surface area contributed by atoms with E-state index in [9.17, 15) is 9.59 Å². The summed E-state index contributed by atoms with van der Waals surface area (Å²) in [5.41, 5.74) is 1.57. The van der Waals surface area contributed by atoms with E-state index in [4.69, 9.17) is 5.11 Å². The van der Waals surface area contributed by atoms with Crippen LogP contribution in [0.15, 0.2) is 24.3 Å². The molecule has 1 aromatic carbocycles. The molecule has 19 heavy (non-hydrogen) atoms. The van der Waals surface area contributed by atoms with Gasteiger partial charge in [0.15, 0.2) is 0 Å². The SMILES string of the molecule is O=C(O)CCc1ccccc1NC(=O)N1CCCC1. The Kier molecular flexibility index (Phi) is 4.39. The van der Waals surface area contributed by atoms with Crippen molar-refractivity contribution in [3.63, 3.8) is 0 Å². The summed E-state index contributed by atoms with van der Waals surface area (Å²) >= 11 is 0. The summed E-state index contributed by atoms with van der Waals surface area (Å²) in [5, 5.41) is 11.6. The van der Waals surface area contributed by atoms with Gasteiger partial charge in [-0.15, -0.1) is 0 Å². The smallest absolute Gasteiger partial charge is 0.321 e. The number of aryl methyl sites for hydroxylation is 1. The van der Waals surface area contributed by atoms with Crippen LogP contribution in [0.25, 0.3) is 0 Å². The summed E-state index contributed by atoms with van der Waals surface area (Å²) in [4.78, 5) is 24.4. The van der Waals surface area contributed by atoms with Crippen molar-refractivity contribution >= 4 is 17.7 Å². The molecule has 0 radical (unpaired) electrons. The average molecular weight is 262 g/mol. The third kappa shape index (κ3) is 3.71. The Morgan fingerprint density at radius 2 is 1.89 bits per heavy atom. The first-order valence-electron chi connectivity index (χ1n) is 6.52. The molecule has 0 aromatic heterocycles. The lowest BCUT2D eigenvalue weighted by molar-refractivity contribution is -0.136. The number of aliphatic carboxylic acids is 1. The number of anilines is 1. The summed E-state index contributed by atoms with van der Waals surface area (Å²) in [5.74, 6) is -0.833. The number of carboxylic acid groups (broad SMARTS) is 1. The maximum absolute atomic E-state index is 12.0. The third-order valence-corrected chi connectivity index (χ3v) is 3.26. The molecule has 1 heterocycles. The predicted molar refractivity (Wildman–Crippen MR) is 72.2 cm³/mol. The number of urea groups is 1. The molecule has 1 aliphatic heterocycles. The molecular weight excluding hydrogens is 244 g/mol. The van der Waals surface area contributed by atoms with Crippen molar-refractivity contribution in [2.24, 2.45) is 0 Å². The first-order chi connectivity index (χ1) is 9.16. The second kappa shape index (κ2) is 6.22. The largest absolute Gasteiger partial charge is 0.481 e. The van der Waals surface area contributed by atoms with Crippen molar-refractivity contribution in [3.05, 3.63) is 29.8 Å². The first kappa shape index (κ1) is 13.4. The number of para-hydroxylation sites is 1. The van der Waals surface area contributed by atoms with Gasteiger partial charge in [0.1, 0.15) is 0 Å². The van der Waals surface area contributed by atoms with Crippen LogP contribution in [0.5, 0.6) is 0 Å². The lowest BCUT2D eigenvalue weighted by Gasteiger charge is -2.17. The molecule has 0 bridgehead atoms. The molecule has 0 saturated carbocycles. The van der Waals surface area contributed by atoms with Gasteiger partial charge < -0.3 is 15.3 Å². The maximum Gasteiger partial charge on any atom is 0.321 e. The van der Waals surface area contributed by atoms with Gasteiger partial charge in [0.2, 0.25) is 0 Å². The van der Waals surface area contributed by atoms with E-state index in [0.717, 1.165) is 31.5 Å². The molecule has 5 nitrogen and oxygen atoms in total. The van der Waals surface area contributed by atoms with E-state index in [1.165, 1.54) is 0 Å². The predicted octanol–water partition coefficient (Wildman–Crippen LogP) is 2.33. The quantitative estimate of drug-likeness (QED) is 0.875. The number of amides is 2. The second-order valence-electron chi connectivity index (χ2n) is 4.68. The zero-order chi connectivity index (χ0) is 13.7. The number of carbonyl (C=O) groups is 2. The van der Waals surface area contributed by atoms with Gasteiger partial charge in [-0.1, -0.05) is 18.2 Å². The van der Waals surface area contributed by atoms with Crippen LogP contribution in [0, 0.1) is 0 Å². The molecule has 1 aliphatic rings. The van der Waals surface area contributed by atoms with Crippen LogP contribution in [0.1, 0.15) is 24.8 Å². The number of carboxylic acids is 1. The zero-order valence-electron chi connectivity index (χ0n) is 10.8. The molecule has 2 N–H and O–H groups in total. The highest BCUT2D eigenvalue weighted by atomic mass is 16.4. The van der Waals surface area contributed by atoms with Crippen molar-refractivity contribution in [3.8, 4) is 0 Å². The Morgan fingerprint density at radius 3 is 2.58 bits per heavy atom. The van der Waals surface area contributed by atoms with E-state index in [2.05, 4.69) is 5.32 Å². The molecule has 2 amide bonds. The molecular formula is C14H18N2O3. The van der Waals surface area contributed by atoms with E-state index in [-0.39, 0.29) is 12.5 Å². The Hall–Kier alpha value is -2.04. The minimum absolute atomic E-state index is 0.0661. The summed E-state index contributed by atoms with van der Waals surface area (Å²) in [6.45, 7) is 1.59. The van der Waals surface area contributed by atoms with Gasteiger partial charge in [0.25, 0.3) is 0 Å². The van der Waals surface area contributed by atoms with Gasteiger partial charge in [0.05, 0.1) is 0 Å². The Bertz CT molecular complexity index is 468. The molecule has 0 atom stereocenters. The first-order valence-corrected chi connectivity index (χ1v) is 6.52. The monoisotopic (exact) mass is 262 g/mol. The minimum atomic E-state index is -0.833. The summed E-state index contributed by atoms with van der Waals surface area (Å²) in [6, 6.07) is 7.25. The third-order valence-electron chi connectivity index (χ3n) is 3.26. The van der Waals surface area contributed by atoms with Crippen molar-refractivity contribution in [1.82, 2.24) is 4.90 Å². The second-order valence-corrected chi connectivity index (χ2v) is 4.68. The number of likely N-dealkylation sites (tertiary alicyclic amines) is 1. The van der Waals surface area contributed by atoms with Crippen LogP contribution in [0.2, 0.25) is 0 Å². The number of benzene rings is 1. The van der Waals surface area contributed by atoms with Gasteiger partial charge in [-0.3, -0.25) is 4.79 Å². The summed E-state index contributed by atoms with van der Waals surface area (Å²) in [7, 11) is 0. The van der Waals surface area contributed by atoms with Crippen molar-refractivity contribution < 1.29 is 14.7 Å². The molecule has 1 aromatic rings. The number of nitrogens with zero attached hydrogens (tertiary/aromatic N) is 1. The van der Waals surface area contributed by atoms with E-state index in [0.29, 0.717) is 12.1 Å². The number of nitrogens with one attached hydrogen (secondary N) is 1. The zero-order valence-corrected chi connectivity index (χ0v) is 10.8. The van der Waals surface area contributed by atoms with E-state index >= 15 is 0 Å². The van der Waals surface area contributed by atoms with Crippen molar-refractivity contribution in [1.29, 1.82) is 0 Å². The van der Waals surface area contributed by atoms with E-state index in [1.807, 2.05) is 24.3 Å². The molecule has 2 rings (SSSR count). The maximum atomic E-state index is 12.0. The molecule has 102 valence electrons. The van der Waals surface area contributed by atoms with Gasteiger partial charge in [0, 0.05) is 25.2 Å². The van der Waals surface area contributed by atoms with Crippen LogP contribution in [0.4, 0.5) is 10.5 Å². The molecule has 0 unspecified atom stereocenters. The van der Waals surface area contributed by atoms with Crippen molar-refractivity contribution in [2.75, 3.05) is 18.4 Å². The fourth-order valence-electron chi connectivity index (χ4n) is 2.22. The number of hydrogen-bond acceptors (Lipinski definition) is 2. The fourth-order valence-corrected chi connectivity index (χ4v) is 2.22. The summed E-state index contributed by atoms with van der Waals surface area (Å²) < 4.78 is 0. The molecule has 1 saturated heterocycles. The van der Waals surface area contributed by atoms with E-state index < -0.39 is 5.97 Å².